The van der Waals surface area contributed by atoms with Crippen LogP contribution in [0.15, 0.2) is 48.5 Å². The van der Waals surface area contributed by atoms with Crippen molar-refractivity contribution in [2.45, 2.75) is 31.7 Å². The van der Waals surface area contributed by atoms with Crippen molar-refractivity contribution in [3.63, 3.8) is 0 Å². The highest BCUT2D eigenvalue weighted by Gasteiger charge is 2.32. The van der Waals surface area contributed by atoms with Gasteiger partial charge < -0.3 is 15.0 Å². The summed E-state index contributed by atoms with van der Waals surface area (Å²) in [5.41, 5.74) is 3.18. The van der Waals surface area contributed by atoms with E-state index in [-0.39, 0.29) is 12.1 Å². The highest BCUT2D eigenvalue weighted by atomic mass is 35.5. The van der Waals surface area contributed by atoms with Gasteiger partial charge in [0.25, 0.3) is 0 Å². The van der Waals surface area contributed by atoms with Gasteiger partial charge in [0.2, 0.25) is 0 Å². The van der Waals surface area contributed by atoms with E-state index in [1.165, 1.54) is 0 Å². The van der Waals surface area contributed by atoms with Crippen LogP contribution in [0, 0.1) is 0 Å². The summed E-state index contributed by atoms with van der Waals surface area (Å²) in [6.07, 6.45) is 3.68. The van der Waals surface area contributed by atoms with Gasteiger partial charge in [0.15, 0.2) is 5.75 Å². The SMILES string of the molecule is O=C(NC1CCCOc2c1nn(-c1ccccc1Cl)c2-c1ccc(Cl)cc1)N1CCCC1. The smallest absolute Gasteiger partial charge is 0.317 e. The van der Waals surface area contributed by atoms with Gasteiger partial charge in [-0.15, -0.1) is 0 Å². The lowest BCUT2D eigenvalue weighted by Gasteiger charge is -2.21. The van der Waals surface area contributed by atoms with Gasteiger partial charge in [0, 0.05) is 23.7 Å². The Morgan fingerprint density at radius 2 is 1.78 bits per heavy atom. The molecule has 6 nitrogen and oxygen atoms in total. The number of halogens is 2. The van der Waals surface area contributed by atoms with Crippen LogP contribution in [0.2, 0.25) is 10.0 Å². The van der Waals surface area contributed by atoms with E-state index in [0.717, 1.165) is 61.4 Å². The second kappa shape index (κ2) is 9.04. The highest BCUT2D eigenvalue weighted by Crippen LogP contribution is 2.42. The second-order valence-electron chi connectivity index (χ2n) is 8.12. The molecule has 1 atom stereocenters. The topological polar surface area (TPSA) is 59.4 Å². The third kappa shape index (κ3) is 4.05. The summed E-state index contributed by atoms with van der Waals surface area (Å²) in [5, 5.41) is 9.38. The Labute approximate surface area is 197 Å². The lowest BCUT2D eigenvalue weighted by molar-refractivity contribution is 0.203. The molecule has 3 heterocycles. The fourth-order valence-corrected chi connectivity index (χ4v) is 4.69. The van der Waals surface area contributed by atoms with E-state index in [1.807, 2.05) is 58.1 Å². The molecule has 1 aromatic heterocycles. The molecule has 3 aromatic rings. The van der Waals surface area contributed by atoms with E-state index < -0.39 is 0 Å². The monoisotopic (exact) mass is 470 g/mol. The van der Waals surface area contributed by atoms with Crippen molar-refractivity contribution in [2.75, 3.05) is 19.7 Å². The number of amides is 2. The van der Waals surface area contributed by atoms with E-state index in [0.29, 0.717) is 22.4 Å². The molecular formula is C24H24Cl2N4O2. The quantitative estimate of drug-likeness (QED) is 0.520. The van der Waals surface area contributed by atoms with E-state index in [4.69, 9.17) is 33.0 Å². The number of likely N-dealkylation sites (tertiary alicyclic amines) is 1. The number of rotatable bonds is 3. The fourth-order valence-electron chi connectivity index (χ4n) is 4.35. The number of carbonyl (C=O) groups excluding carboxylic acids is 1. The standard InChI is InChI=1S/C24H24Cl2N4O2/c25-17-11-9-16(10-12-17)22-23-21(28-30(22)20-8-2-1-6-18(20)26)19(7-5-15-32-23)27-24(31)29-13-3-4-14-29/h1-2,6,8-12,19H,3-5,7,13-15H2,(H,27,31). The van der Waals surface area contributed by atoms with Gasteiger partial charge in [0.05, 0.1) is 23.4 Å². The summed E-state index contributed by atoms with van der Waals surface area (Å²) in [7, 11) is 0. The summed E-state index contributed by atoms with van der Waals surface area (Å²) in [4.78, 5) is 14.7. The number of hydrogen-bond acceptors (Lipinski definition) is 3. The minimum atomic E-state index is -0.240. The number of nitrogens with zero attached hydrogens (tertiary/aromatic N) is 3. The third-order valence-corrected chi connectivity index (χ3v) is 6.54. The van der Waals surface area contributed by atoms with E-state index >= 15 is 0 Å². The van der Waals surface area contributed by atoms with Gasteiger partial charge in [-0.2, -0.15) is 5.10 Å². The molecule has 2 aromatic carbocycles. The molecule has 0 bridgehead atoms. The number of benzene rings is 2. The molecule has 0 aliphatic carbocycles. The molecule has 0 spiro atoms. The van der Waals surface area contributed by atoms with Crippen molar-refractivity contribution >= 4 is 29.2 Å². The Morgan fingerprint density at radius 1 is 1.03 bits per heavy atom. The van der Waals surface area contributed by atoms with Gasteiger partial charge in [-0.1, -0.05) is 47.5 Å². The molecule has 5 rings (SSSR count). The number of nitrogens with one attached hydrogen (secondary N) is 1. The maximum atomic E-state index is 12.9. The normalized spacial score (nSPS) is 18.1. The number of carbonyl (C=O) groups is 1. The Bertz CT molecular complexity index is 1120. The molecule has 1 unspecified atom stereocenters. The zero-order valence-electron chi connectivity index (χ0n) is 17.6. The molecule has 1 N–H and O–H groups in total. The van der Waals surface area contributed by atoms with Gasteiger partial charge >= 0.3 is 6.03 Å². The van der Waals surface area contributed by atoms with Crippen molar-refractivity contribution < 1.29 is 9.53 Å². The predicted octanol–water partition coefficient (Wildman–Crippen LogP) is 5.87. The van der Waals surface area contributed by atoms with Crippen LogP contribution in [-0.2, 0) is 0 Å². The van der Waals surface area contributed by atoms with Crippen LogP contribution < -0.4 is 10.1 Å². The number of urea groups is 1. The molecule has 1 fully saturated rings. The van der Waals surface area contributed by atoms with Crippen molar-refractivity contribution in [3.05, 3.63) is 64.3 Å². The lowest BCUT2D eigenvalue weighted by Crippen LogP contribution is -2.40. The number of ether oxygens (including phenoxy) is 1. The average molecular weight is 471 g/mol. The molecule has 1 saturated heterocycles. The van der Waals surface area contributed by atoms with E-state index in [2.05, 4.69) is 5.32 Å². The molecular weight excluding hydrogens is 447 g/mol. The predicted molar refractivity (Wildman–Crippen MR) is 126 cm³/mol. The van der Waals surface area contributed by atoms with E-state index in [9.17, 15) is 4.79 Å². The molecule has 2 amide bonds. The molecule has 166 valence electrons. The van der Waals surface area contributed by atoms with Gasteiger partial charge in [-0.3, -0.25) is 0 Å². The Kier molecular flexibility index (Phi) is 5.98. The van der Waals surface area contributed by atoms with Crippen LogP contribution in [-0.4, -0.2) is 40.4 Å². The largest absolute Gasteiger partial charge is 0.489 e. The third-order valence-electron chi connectivity index (χ3n) is 5.97. The van der Waals surface area contributed by atoms with Crippen molar-refractivity contribution in [1.29, 1.82) is 0 Å². The van der Waals surface area contributed by atoms with Crippen LogP contribution in [0.3, 0.4) is 0 Å². The maximum absolute atomic E-state index is 12.9. The molecule has 2 aliphatic heterocycles. The highest BCUT2D eigenvalue weighted by molar-refractivity contribution is 6.32. The van der Waals surface area contributed by atoms with Crippen molar-refractivity contribution in [1.82, 2.24) is 20.0 Å². The molecule has 8 heteroatoms. The van der Waals surface area contributed by atoms with Crippen LogP contribution in [0.25, 0.3) is 16.9 Å². The minimum Gasteiger partial charge on any atom is -0.489 e. The van der Waals surface area contributed by atoms with Crippen LogP contribution >= 0.6 is 23.2 Å². The average Bonchev–Trinajstić information content (AvgIpc) is 3.42. The minimum absolute atomic E-state index is 0.0410. The molecule has 0 radical (unpaired) electrons. The number of para-hydroxylation sites is 1. The Hall–Kier alpha value is -2.70. The molecule has 32 heavy (non-hydrogen) atoms. The molecule has 0 saturated carbocycles. The Morgan fingerprint density at radius 3 is 2.53 bits per heavy atom. The summed E-state index contributed by atoms with van der Waals surface area (Å²) in [6, 6.07) is 14.9. The maximum Gasteiger partial charge on any atom is 0.317 e. The second-order valence-corrected chi connectivity index (χ2v) is 8.96. The van der Waals surface area contributed by atoms with Gasteiger partial charge in [0.1, 0.15) is 11.4 Å². The zero-order chi connectivity index (χ0) is 22.1. The number of aromatic nitrogens is 2. The number of fused-ring (bicyclic) bond motifs is 1. The first kappa shape index (κ1) is 21.2. The van der Waals surface area contributed by atoms with Crippen LogP contribution in [0.1, 0.15) is 37.4 Å². The van der Waals surface area contributed by atoms with Crippen LogP contribution in [0.4, 0.5) is 4.79 Å². The van der Waals surface area contributed by atoms with E-state index in [1.54, 1.807) is 0 Å². The number of hydrogen-bond donors (Lipinski definition) is 1. The zero-order valence-corrected chi connectivity index (χ0v) is 19.1. The lowest BCUT2D eigenvalue weighted by atomic mass is 10.1. The van der Waals surface area contributed by atoms with Gasteiger partial charge in [-0.25, -0.2) is 9.48 Å². The first-order valence-corrected chi connectivity index (χ1v) is 11.7. The van der Waals surface area contributed by atoms with Gasteiger partial charge in [-0.05, 0) is 49.9 Å². The summed E-state index contributed by atoms with van der Waals surface area (Å²) in [5.74, 6) is 0.677. The fraction of sp³-hybridized carbons (Fsp3) is 0.333. The Balaban J connectivity index is 1.62. The first-order valence-electron chi connectivity index (χ1n) is 10.9. The van der Waals surface area contributed by atoms with Crippen molar-refractivity contribution in [3.8, 4) is 22.7 Å². The summed E-state index contributed by atoms with van der Waals surface area (Å²) in [6.45, 7) is 2.15. The first-order chi connectivity index (χ1) is 15.6. The molecule has 2 aliphatic rings. The summed E-state index contributed by atoms with van der Waals surface area (Å²) < 4.78 is 8.04. The van der Waals surface area contributed by atoms with Crippen molar-refractivity contribution in [2.24, 2.45) is 0 Å². The van der Waals surface area contributed by atoms with Crippen LogP contribution in [0.5, 0.6) is 5.75 Å². The summed E-state index contributed by atoms with van der Waals surface area (Å²) >= 11 is 12.7.